The topological polar surface area (TPSA) is 58.7 Å². The fraction of sp³-hybridized carbons (Fsp3) is 0.333. The summed E-state index contributed by atoms with van der Waals surface area (Å²) in [7, 11) is 1.95. The number of aromatic nitrogens is 1. The molecule has 6 nitrogen and oxygen atoms in total. The van der Waals surface area contributed by atoms with Crippen LogP contribution in [0.5, 0.6) is 0 Å². The van der Waals surface area contributed by atoms with Crippen LogP contribution in [0.4, 0.5) is 0 Å². The second kappa shape index (κ2) is 10.9. The van der Waals surface area contributed by atoms with Gasteiger partial charge in [0.05, 0.1) is 25.1 Å². The van der Waals surface area contributed by atoms with Crippen LogP contribution in [-0.2, 0) is 29.7 Å². The van der Waals surface area contributed by atoms with Gasteiger partial charge in [-0.15, -0.1) is 11.8 Å². The molecule has 0 aliphatic rings. The van der Waals surface area contributed by atoms with Gasteiger partial charge in [0.25, 0.3) is 0 Å². The molecule has 0 unspecified atom stereocenters. The van der Waals surface area contributed by atoms with Gasteiger partial charge < -0.3 is 18.8 Å². The second-order valence-corrected chi connectivity index (χ2v) is 8.71. The first-order valence-corrected chi connectivity index (χ1v) is 11.3. The molecule has 1 aromatic carbocycles. The Labute approximate surface area is 187 Å². The minimum Gasteiger partial charge on any atom is -0.467 e. The number of nitrogens with zero attached hydrogens (tertiary/aromatic N) is 3. The lowest BCUT2D eigenvalue weighted by molar-refractivity contribution is -0.141. The predicted molar refractivity (Wildman–Crippen MR) is 122 cm³/mol. The largest absolute Gasteiger partial charge is 0.467 e. The second-order valence-electron chi connectivity index (χ2n) is 7.66. The lowest BCUT2D eigenvalue weighted by Gasteiger charge is -2.30. The average molecular weight is 440 g/mol. The van der Waals surface area contributed by atoms with Crippen molar-refractivity contribution < 1.29 is 14.0 Å². The summed E-state index contributed by atoms with van der Waals surface area (Å²) in [5, 5.41) is 0. The molecule has 0 bridgehead atoms. The van der Waals surface area contributed by atoms with Gasteiger partial charge in [0, 0.05) is 29.9 Å². The summed E-state index contributed by atoms with van der Waals surface area (Å²) in [6.45, 7) is 4.72. The van der Waals surface area contributed by atoms with Crippen molar-refractivity contribution in [2.45, 2.75) is 37.9 Å². The minimum absolute atomic E-state index is 0.0387. The van der Waals surface area contributed by atoms with Gasteiger partial charge >= 0.3 is 0 Å². The Morgan fingerprint density at radius 2 is 1.77 bits per heavy atom. The molecule has 3 aromatic rings. The van der Waals surface area contributed by atoms with Gasteiger partial charge in [0.15, 0.2) is 0 Å². The van der Waals surface area contributed by atoms with Crippen LogP contribution >= 0.6 is 11.8 Å². The van der Waals surface area contributed by atoms with Crippen LogP contribution in [-0.4, -0.2) is 44.5 Å². The Balaban J connectivity index is 1.68. The molecule has 0 N–H and O–H groups in total. The molecule has 0 saturated heterocycles. The first kappa shape index (κ1) is 22.7. The zero-order valence-electron chi connectivity index (χ0n) is 18.2. The number of amides is 2. The van der Waals surface area contributed by atoms with Gasteiger partial charge in [-0.25, -0.2) is 0 Å². The molecule has 2 amide bonds. The Morgan fingerprint density at radius 1 is 1.00 bits per heavy atom. The number of rotatable bonds is 10. The Bertz CT molecular complexity index is 967. The van der Waals surface area contributed by atoms with Crippen molar-refractivity contribution in [3.8, 4) is 0 Å². The summed E-state index contributed by atoms with van der Waals surface area (Å²) in [6.07, 6.45) is 3.56. The molecule has 0 spiro atoms. The molecule has 3 rings (SSSR count). The molecule has 164 valence electrons. The van der Waals surface area contributed by atoms with Crippen molar-refractivity contribution in [2.24, 2.45) is 7.05 Å². The zero-order valence-corrected chi connectivity index (χ0v) is 19.0. The lowest BCUT2D eigenvalue weighted by Crippen LogP contribution is -2.46. The normalized spacial score (nSPS) is 11.0. The van der Waals surface area contributed by atoms with E-state index in [1.807, 2.05) is 86.3 Å². The molecular weight excluding hydrogens is 410 g/mol. The van der Waals surface area contributed by atoms with Crippen molar-refractivity contribution in [2.75, 3.05) is 12.3 Å². The molecule has 0 atom stereocenters. The lowest BCUT2D eigenvalue weighted by atomic mass is 10.2. The quantitative estimate of drug-likeness (QED) is 0.445. The maximum absolute atomic E-state index is 13.3. The maximum atomic E-state index is 13.3. The molecule has 2 aromatic heterocycles. The van der Waals surface area contributed by atoms with Crippen molar-refractivity contribution in [3.05, 3.63) is 78.5 Å². The summed E-state index contributed by atoms with van der Waals surface area (Å²) in [5.74, 6) is 0.855. The standard InChI is InChI=1S/C24H29N3O3S/c1-19(2)27(24(29)18-31-22-11-5-4-6-12-22)17-23(28)26(16-21-10-8-14-30-21)15-20-9-7-13-25(20)3/h4-14,19H,15-18H2,1-3H3. The predicted octanol–water partition coefficient (Wildman–Crippen LogP) is 4.18. The highest BCUT2D eigenvalue weighted by Gasteiger charge is 2.24. The van der Waals surface area contributed by atoms with Gasteiger partial charge in [0.2, 0.25) is 11.8 Å². The number of aryl methyl sites for hydroxylation is 1. The van der Waals surface area contributed by atoms with E-state index >= 15 is 0 Å². The van der Waals surface area contributed by atoms with E-state index in [2.05, 4.69) is 0 Å². The third kappa shape index (κ3) is 6.52. The zero-order chi connectivity index (χ0) is 22.2. The highest BCUT2D eigenvalue weighted by molar-refractivity contribution is 8.00. The van der Waals surface area contributed by atoms with Gasteiger partial charge in [-0.2, -0.15) is 0 Å². The van der Waals surface area contributed by atoms with Gasteiger partial charge in [-0.05, 0) is 50.2 Å². The third-order valence-electron chi connectivity index (χ3n) is 5.04. The number of thioether (sulfide) groups is 1. The highest BCUT2D eigenvalue weighted by atomic mass is 32.2. The number of hydrogen-bond acceptors (Lipinski definition) is 4. The molecule has 0 saturated carbocycles. The van der Waals surface area contributed by atoms with Gasteiger partial charge in [-0.1, -0.05) is 18.2 Å². The summed E-state index contributed by atoms with van der Waals surface area (Å²) < 4.78 is 7.46. The molecule has 0 aliphatic carbocycles. The van der Waals surface area contributed by atoms with E-state index in [0.717, 1.165) is 10.6 Å². The van der Waals surface area contributed by atoms with Crippen LogP contribution in [0.25, 0.3) is 0 Å². The summed E-state index contributed by atoms with van der Waals surface area (Å²) in [6, 6.07) is 17.3. The van der Waals surface area contributed by atoms with Crippen molar-refractivity contribution in [1.82, 2.24) is 14.4 Å². The minimum atomic E-state index is -0.107. The average Bonchev–Trinajstić information content (AvgIpc) is 3.42. The van der Waals surface area contributed by atoms with Crippen LogP contribution in [0.3, 0.4) is 0 Å². The van der Waals surface area contributed by atoms with Crippen LogP contribution in [0.15, 0.2) is 76.4 Å². The van der Waals surface area contributed by atoms with Crippen LogP contribution in [0, 0.1) is 0 Å². The monoisotopic (exact) mass is 439 g/mol. The summed E-state index contributed by atoms with van der Waals surface area (Å²) in [4.78, 5) is 30.6. The maximum Gasteiger partial charge on any atom is 0.242 e. The van der Waals surface area contributed by atoms with E-state index in [4.69, 9.17) is 4.42 Å². The highest BCUT2D eigenvalue weighted by Crippen LogP contribution is 2.19. The summed E-state index contributed by atoms with van der Waals surface area (Å²) in [5.41, 5.74) is 1.02. The van der Waals surface area contributed by atoms with E-state index in [1.54, 1.807) is 16.1 Å². The van der Waals surface area contributed by atoms with Gasteiger partial charge in [0.1, 0.15) is 12.3 Å². The van der Waals surface area contributed by atoms with Crippen LogP contribution in [0.2, 0.25) is 0 Å². The van der Waals surface area contributed by atoms with E-state index in [-0.39, 0.29) is 24.4 Å². The molecule has 0 fully saturated rings. The fourth-order valence-corrected chi connectivity index (χ4v) is 4.03. The van der Waals surface area contributed by atoms with E-state index < -0.39 is 0 Å². The van der Waals surface area contributed by atoms with Crippen LogP contribution in [0.1, 0.15) is 25.3 Å². The number of carbonyl (C=O) groups is 2. The first-order chi connectivity index (χ1) is 14.9. The number of hydrogen-bond donors (Lipinski definition) is 0. The number of furan rings is 1. The van der Waals surface area contributed by atoms with E-state index in [9.17, 15) is 9.59 Å². The molecule has 31 heavy (non-hydrogen) atoms. The Hall–Kier alpha value is -2.93. The van der Waals surface area contributed by atoms with Crippen molar-refractivity contribution in [1.29, 1.82) is 0 Å². The van der Waals surface area contributed by atoms with E-state index in [0.29, 0.717) is 24.6 Å². The van der Waals surface area contributed by atoms with Crippen molar-refractivity contribution >= 4 is 23.6 Å². The first-order valence-electron chi connectivity index (χ1n) is 10.3. The molecular formula is C24H29N3O3S. The van der Waals surface area contributed by atoms with Crippen LogP contribution < -0.4 is 0 Å². The number of benzene rings is 1. The molecule has 2 heterocycles. The fourth-order valence-electron chi connectivity index (χ4n) is 3.23. The molecule has 0 aliphatic heterocycles. The third-order valence-corrected chi connectivity index (χ3v) is 6.04. The SMILES string of the molecule is CC(C)N(CC(=O)N(Cc1ccco1)Cc1cccn1C)C(=O)CSc1ccccc1. The Morgan fingerprint density at radius 3 is 2.39 bits per heavy atom. The van der Waals surface area contributed by atoms with Gasteiger partial charge in [-0.3, -0.25) is 9.59 Å². The van der Waals surface area contributed by atoms with Crippen molar-refractivity contribution in [3.63, 3.8) is 0 Å². The molecule has 0 radical (unpaired) electrons. The smallest absolute Gasteiger partial charge is 0.242 e. The summed E-state index contributed by atoms with van der Waals surface area (Å²) >= 11 is 1.48. The number of carbonyl (C=O) groups excluding carboxylic acids is 2. The Kier molecular flexibility index (Phi) is 8.00. The van der Waals surface area contributed by atoms with E-state index in [1.165, 1.54) is 11.8 Å². The molecule has 7 heteroatoms.